The minimum Gasteiger partial charge on any atom is -0.289 e. The van der Waals surface area contributed by atoms with E-state index in [0.29, 0.717) is 5.02 Å². The van der Waals surface area contributed by atoms with E-state index in [0.717, 1.165) is 15.7 Å². The molecule has 1 nitrogen and oxygen atoms in total. The fourth-order valence-corrected chi connectivity index (χ4v) is 2.16. The first-order valence-electron chi connectivity index (χ1n) is 5.46. The average Bonchev–Trinajstić information content (AvgIpc) is 2.40. The van der Waals surface area contributed by atoms with Gasteiger partial charge in [-0.1, -0.05) is 23.7 Å². The van der Waals surface area contributed by atoms with Crippen molar-refractivity contribution in [3.8, 4) is 0 Å². The molecule has 0 amide bonds. The molecular formula is C14H7ClF3IO. The van der Waals surface area contributed by atoms with Crippen molar-refractivity contribution >= 4 is 40.0 Å². The Morgan fingerprint density at radius 2 is 1.70 bits per heavy atom. The zero-order valence-corrected chi connectivity index (χ0v) is 12.8. The van der Waals surface area contributed by atoms with Crippen LogP contribution in [-0.4, -0.2) is 5.78 Å². The van der Waals surface area contributed by atoms with E-state index >= 15 is 0 Å². The second kappa shape index (κ2) is 5.73. The molecule has 2 rings (SSSR count). The smallest absolute Gasteiger partial charge is 0.289 e. The summed E-state index contributed by atoms with van der Waals surface area (Å²) in [7, 11) is 0. The number of carbonyl (C=O) groups is 1. The fourth-order valence-electron chi connectivity index (χ4n) is 1.64. The molecule has 0 atom stereocenters. The van der Waals surface area contributed by atoms with Gasteiger partial charge in [-0.15, -0.1) is 0 Å². The summed E-state index contributed by atoms with van der Waals surface area (Å²) >= 11 is 7.91. The molecule has 2 aromatic rings. The molecule has 0 bridgehead atoms. The molecule has 0 N–H and O–H groups in total. The standard InChI is InChI=1S/C14H7ClF3IO/c15-11-7-9(4-5-12(11)19)13(20)8-2-1-3-10(6-8)14(16,17)18/h1-7H. The van der Waals surface area contributed by atoms with Gasteiger partial charge in [0.2, 0.25) is 0 Å². The molecule has 6 heteroatoms. The molecule has 0 heterocycles. The van der Waals surface area contributed by atoms with Gasteiger partial charge in [0, 0.05) is 14.7 Å². The van der Waals surface area contributed by atoms with E-state index in [-0.39, 0.29) is 11.1 Å². The Hall–Kier alpha value is -1.08. The molecule has 0 spiro atoms. The summed E-state index contributed by atoms with van der Waals surface area (Å²) in [5.74, 6) is -0.491. The molecule has 0 fully saturated rings. The maximum atomic E-state index is 12.6. The van der Waals surface area contributed by atoms with Crippen molar-refractivity contribution in [2.24, 2.45) is 0 Å². The van der Waals surface area contributed by atoms with Crippen LogP contribution in [0.4, 0.5) is 13.2 Å². The summed E-state index contributed by atoms with van der Waals surface area (Å²) in [5, 5.41) is 0.392. The van der Waals surface area contributed by atoms with Crippen LogP contribution in [0.3, 0.4) is 0 Å². The molecule has 104 valence electrons. The Morgan fingerprint density at radius 1 is 1.05 bits per heavy atom. The van der Waals surface area contributed by atoms with Gasteiger partial charge in [-0.3, -0.25) is 4.79 Å². The third-order valence-electron chi connectivity index (χ3n) is 2.63. The summed E-state index contributed by atoms with van der Waals surface area (Å²) in [5.41, 5.74) is -0.605. The van der Waals surface area contributed by atoms with Gasteiger partial charge in [0.05, 0.1) is 10.6 Å². The molecule has 0 saturated carbocycles. The second-order valence-corrected chi connectivity index (χ2v) is 5.61. The third-order valence-corrected chi connectivity index (χ3v) is 4.21. The van der Waals surface area contributed by atoms with Crippen LogP contribution in [0, 0.1) is 3.57 Å². The molecule has 20 heavy (non-hydrogen) atoms. The summed E-state index contributed by atoms with van der Waals surface area (Å²) in [4.78, 5) is 12.2. The Balaban J connectivity index is 2.41. The highest BCUT2D eigenvalue weighted by Crippen LogP contribution is 2.30. The first-order chi connectivity index (χ1) is 9.29. The molecule has 0 radical (unpaired) electrons. The minimum atomic E-state index is -4.47. The minimum absolute atomic E-state index is 0.0166. The predicted molar refractivity (Wildman–Crippen MR) is 79.0 cm³/mol. The second-order valence-electron chi connectivity index (χ2n) is 4.04. The SMILES string of the molecule is O=C(c1cccc(C(F)(F)F)c1)c1ccc(I)c(Cl)c1. The van der Waals surface area contributed by atoms with Gasteiger partial charge in [-0.05, 0) is 52.9 Å². The monoisotopic (exact) mass is 410 g/mol. The highest BCUT2D eigenvalue weighted by atomic mass is 127. The number of alkyl halides is 3. The maximum Gasteiger partial charge on any atom is 0.416 e. The van der Waals surface area contributed by atoms with Crippen molar-refractivity contribution < 1.29 is 18.0 Å². The zero-order chi connectivity index (χ0) is 14.9. The predicted octanol–water partition coefficient (Wildman–Crippen LogP) is 5.19. The summed E-state index contributed by atoms with van der Waals surface area (Å²) in [6.07, 6.45) is -4.47. The fraction of sp³-hybridized carbons (Fsp3) is 0.0714. The van der Waals surface area contributed by atoms with Crippen LogP contribution >= 0.6 is 34.2 Å². The lowest BCUT2D eigenvalue weighted by molar-refractivity contribution is -0.137. The van der Waals surface area contributed by atoms with Crippen molar-refractivity contribution in [1.29, 1.82) is 0 Å². The van der Waals surface area contributed by atoms with Crippen molar-refractivity contribution in [2.75, 3.05) is 0 Å². The number of hydrogen-bond donors (Lipinski definition) is 0. The zero-order valence-electron chi connectivity index (χ0n) is 9.84. The van der Waals surface area contributed by atoms with Gasteiger partial charge in [0.15, 0.2) is 5.78 Å². The van der Waals surface area contributed by atoms with Gasteiger partial charge in [-0.25, -0.2) is 0 Å². The van der Waals surface area contributed by atoms with Crippen LogP contribution in [0.15, 0.2) is 42.5 Å². The van der Waals surface area contributed by atoms with Crippen molar-refractivity contribution in [2.45, 2.75) is 6.18 Å². The molecule has 0 saturated heterocycles. The van der Waals surface area contributed by atoms with Crippen LogP contribution < -0.4 is 0 Å². The number of rotatable bonds is 2. The average molecular weight is 411 g/mol. The molecular weight excluding hydrogens is 404 g/mol. The highest BCUT2D eigenvalue weighted by Gasteiger charge is 2.30. The first-order valence-corrected chi connectivity index (χ1v) is 6.92. The summed E-state index contributed by atoms with van der Waals surface area (Å²) in [6.45, 7) is 0. The third kappa shape index (κ3) is 3.32. The maximum absolute atomic E-state index is 12.6. The van der Waals surface area contributed by atoms with Gasteiger partial charge in [-0.2, -0.15) is 13.2 Å². The normalized spacial score (nSPS) is 11.4. The Morgan fingerprint density at radius 3 is 2.30 bits per heavy atom. The van der Waals surface area contributed by atoms with Crippen molar-refractivity contribution in [1.82, 2.24) is 0 Å². The Bertz CT molecular complexity index is 668. The number of carbonyl (C=O) groups excluding carboxylic acids is 1. The molecule has 0 aliphatic heterocycles. The summed E-state index contributed by atoms with van der Waals surface area (Å²) < 4.78 is 38.6. The van der Waals surface area contributed by atoms with E-state index in [9.17, 15) is 18.0 Å². The Kier molecular flexibility index (Phi) is 4.39. The molecule has 0 aromatic heterocycles. The molecule has 0 aliphatic rings. The highest BCUT2D eigenvalue weighted by molar-refractivity contribution is 14.1. The van der Waals surface area contributed by atoms with E-state index < -0.39 is 17.5 Å². The van der Waals surface area contributed by atoms with E-state index in [4.69, 9.17) is 11.6 Å². The lowest BCUT2D eigenvalue weighted by Crippen LogP contribution is -2.08. The van der Waals surface area contributed by atoms with E-state index in [1.165, 1.54) is 24.3 Å². The van der Waals surface area contributed by atoms with Crippen molar-refractivity contribution in [3.63, 3.8) is 0 Å². The van der Waals surface area contributed by atoms with E-state index in [1.807, 2.05) is 22.6 Å². The number of benzene rings is 2. The van der Waals surface area contributed by atoms with Crippen LogP contribution in [0.2, 0.25) is 5.02 Å². The molecule has 0 aliphatic carbocycles. The number of hydrogen-bond acceptors (Lipinski definition) is 1. The molecule has 2 aromatic carbocycles. The van der Waals surface area contributed by atoms with Crippen LogP contribution in [0.5, 0.6) is 0 Å². The van der Waals surface area contributed by atoms with Crippen LogP contribution in [0.25, 0.3) is 0 Å². The van der Waals surface area contributed by atoms with Gasteiger partial charge >= 0.3 is 6.18 Å². The van der Waals surface area contributed by atoms with Gasteiger partial charge in [0.1, 0.15) is 0 Å². The lowest BCUT2D eigenvalue weighted by Gasteiger charge is -2.08. The van der Waals surface area contributed by atoms with Gasteiger partial charge < -0.3 is 0 Å². The van der Waals surface area contributed by atoms with E-state index in [1.54, 1.807) is 6.07 Å². The van der Waals surface area contributed by atoms with Gasteiger partial charge in [0.25, 0.3) is 0 Å². The van der Waals surface area contributed by atoms with Crippen LogP contribution in [0.1, 0.15) is 21.5 Å². The number of halogens is 5. The lowest BCUT2D eigenvalue weighted by atomic mass is 10.0. The van der Waals surface area contributed by atoms with Crippen molar-refractivity contribution in [3.05, 3.63) is 67.7 Å². The first kappa shape index (κ1) is 15.3. The quantitative estimate of drug-likeness (QED) is 0.492. The van der Waals surface area contributed by atoms with E-state index in [2.05, 4.69) is 0 Å². The number of ketones is 1. The Labute approximate surface area is 131 Å². The van der Waals surface area contributed by atoms with Crippen LogP contribution in [-0.2, 0) is 6.18 Å². The molecule has 0 unspecified atom stereocenters. The largest absolute Gasteiger partial charge is 0.416 e. The topological polar surface area (TPSA) is 17.1 Å². The summed E-state index contributed by atoms with van der Waals surface area (Å²) in [6, 6.07) is 8.96.